The highest BCUT2D eigenvalue weighted by Gasteiger charge is 2.35. The molecule has 0 aliphatic carbocycles. The normalized spacial score (nSPS) is 11.4. The van der Waals surface area contributed by atoms with Crippen LogP contribution in [0.3, 0.4) is 0 Å². The molecule has 1 aromatic carbocycles. The van der Waals surface area contributed by atoms with Crippen molar-refractivity contribution in [1.29, 1.82) is 0 Å². The predicted molar refractivity (Wildman–Crippen MR) is 65.3 cm³/mol. The van der Waals surface area contributed by atoms with Gasteiger partial charge >= 0.3 is 6.18 Å². The summed E-state index contributed by atoms with van der Waals surface area (Å²) < 4.78 is 43.7. The van der Waals surface area contributed by atoms with Gasteiger partial charge in [-0.2, -0.15) is 13.2 Å². The Morgan fingerprint density at radius 3 is 2.41 bits per heavy atom. The minimum absolute atomic E-state index is 0.0568. The van der Waals surface area contributed by atoms with E-state index >= 15 is 0 Å². The van der Waals surface area contributed by atoms with E-state index in [0.29, 0.717) is 3.57 Å². The number of ether oxygens (including phenoxy) is 1. The molecule has 2 nitrogen and oxygen atoms in total. The fourth-order valence-electron chi connectivity index (χ4n) is 1.32. The van der Waals surface area contributed by atoms with E-state index in [-0.39, 0.29) is 17.9 Å². The first-order chi connectivity index (χ1) is 7.77. The molecule has 94 valence electrons. The molecule has 0 saturated heterocycles. The molecule has 0 spiro atoms. The number of halogens is 4. The van der Waals surface area contributed by atoms with Gasteiger partial charge in [-0.25, -0.2) is 0 Å². The van der Waals surface area contributed by atoms with Crippen LogP contribution in [0.25, 0.3) is 0 Å². The summed E-state index contributed by atoms with van der Waals surface area (Å²) in [6, 6.07) is 2.08. The molecule has 0 radical (unpaired) electrons. The molecular formula is C11H10F3IO2. The van der Waals surface area contributed by atoms with Crippen LogP contribution >= 0.6 is 22.6 Å². The van der Waals surface area contributed by atoms with Gasteiger partial charge in [0.15, 0.2) is 5.78 Å². The quantitative estimate of drug-likeness (QED) is 0.605. The molecule has 1 aromatic rings. The van der Waals surface area contributed by atoms with E-state index < -0.39 is 17.5 Å². The lowest BCUT2D eigenvalue weighted by molar-refractivity contribution is -0.138. The first-order valence-corrected chi connectivity index (χ1v) is 5.89. The summed E-state index contributed by atoms with van der Waals surface area (Å²) in [6.07, 6.45) is -4.53. The highest BCUT2D eigenvalue weighted by atomic mass is 127. The Bertz CT molecular complexity index is 441. The zero-order valence-corrected chi connectivity index (χ0v) is 11.3. The van der Waals surface area contributed by atoms with Gasteiger partial charge in [-0.3, -0.25) is 4.79 Å². The molecule has 17 heavy (non-hydrogen) atoms. The molecule has 0 atom stereocenters. The van der Waals surface area contributed by atoms with Gasteiger partial charge in [-0.15, -0.1) is 0 Å². The molecule has 0 heterocycles. The molecule has 0 aromatic heterocycles. The SMILES string of the molecule is CCOc1cc(I)c(C(C)=O)cc1C(F)(F)F. The zero-order valence-electron chi connectivity index (χ0n) is 9.19. The number of Topliss-reactive ketones (excluding diaryl/α,β-unsaturated/α-hetero) is 1. The summed E-state index contributed by atoms with van der Waals surface area (Å²) in [5.74, 6) is -0.641. The van der Waals surface area contributed by atoms with Gasteiger partial charge in [0.1, 0.15) is 5.75 Å². The van der Waals surface area contributed by atoms with E-state index in [1.54, 1.807) is 6.92 Å². The number of hydrogen-bond acceptors (Lipinski definition) is 2. The smallest absolute Gasteiger partial charge is 0.419 e. The van der Waals surface area contributed by atoms with Crippen LogP contribution in [0.1, 0.15) is 29.8 Å². The van der Waals surface area contributed by atoms with Crippen molar-refractivity contribution in [3.8, 4) is 5.75 Å². The Morgan fingerprint density at radius 1 is 1.41 bits per heavy atom. The van der Waals surface area contributed by atoms with Crippen molar-refractivity contribution < 1.29 is 22.7 Å². The van der Waals surface area contributed by atoms with Gasteiger partial charge in [-0.05, 0) is 48.6 Å². The zero-order chi connectivity index (χ0) is 13.2. The number of alkyl halides is 3. The Labute approximate surface area is 110 Å². The standard InChI is InChI=1S/C11H10F3IO2/c1-3-17-10-5-9(15)7(6(2)16)4-8(10)11(12,13)14/h4-5H,3H2,1-2H3. The molecular weight excluding hydrogens is 348 g/mol. The Hall–Kier alpha value is -0.790. The lowest BCUT2D eigenvalue weighted by atomic mass is 10.1. The average molecular weight is 358 g/mol. The third kappa shape index (κ3) is 3.34. The van der Waals surface area contributed by atoms with Crippen LogP contribution in [0.4, 0.5) is 13.2 Å². The van der Waals surface area contributed by atoms with Crippen LogP contribution in [0.5, 0.6) is 5.75 Å². The minimum atomic E-state index is -4.53. The van der Waals surface area contributed by atoms with E-state index in [1.165, 1.54) is 13.0 Å². The minimum Gasteiger partial charge on any atom is -0.493 e. The summed E-state index contributed by atoms with van der Waals surface area (Å²) in [6.45, 7) is 2.97. The largest absolute Gasteiger partial charge is 0.493 e. The lowest BCUT2D eigenvalue weighted by Crippen LogP contribution is -2.11. The summed E-state index contributed by atoms with van der Waals surface area (Å²) in [4.78, 5) is 11.2. The Kier molecular flexibility index (Phi) is 4.40. The van der Waals surface area contributed by atoms with Gasteiger partial charge in [0.2, 0.25) is 0 Å². The number of hydrogen-bond donors (Lipinski definition) is 0. The number of carbonyl (C=O) groups is 1. The summed E-state index contributed by atoms with van der Waals surface area (Å²) in [5, 5.41) is 0. The number of benzene rings is 1. The summed E-state index contributed by atoms with van der Waals surface area (Å²) >= 11 is 1.82. The first kappa shape index (κ1) is 14.3. The maximum Gasteiger partial charge on any atom is 0.419 e. The topological polar surface area (TPSA) is 26.3 Å². The summed E-state index contributed by atoms with van der Waals surface area (Å²) in [7, 11) is 0. The lowest BCUT2D eigenvalue weighted by Gasteiger charge is -2.15. The highest BCUT2D eigenvalue weighted by molar-refractivity contribution is 14.1. The van der Waals surface area contributed by atoms with Crippen molar-refractivity contribution in [3.63, 3.8) is 0 Å². The van der Waals surface area contributed by atoms with E-state index in [9.17, 15) is 18.0 Å². The van der Waals surface area contributed by atoms with Crippen molar-refractivity contribution >= 4 is 28.4 Å². The molecule has 6 heteroatoms. The monoisotopic (exact) mass is 358 g/mol. The fraction of sp³-hybridized carbons (Fsp3) is 0.364. The van der Waals surface area contributed by atoms with Crippen molar-refractivity contribution in [3.05, 3.63) is 26.8 Å². The van der Waals surface area contributed by atoms with Gasteiger partial charge in [-0.1, -0.05) is 0 Å². The van der Waals surface area contributed by atoms with Gasteiger partial charge in [0.05, 0.1) is 12.2 Å². The average Bonchev–Trinajstić information content (AvgIpc) is 2.15. The predicted octanol–water partition coefficient (Wildman–Crippen LogP) is 3.91. The molecule has 0 aliphatic rings. The third-order valence-electron chi connectivity index (χ3n) is 2.05. The molecule has 0 N–H and O–H groups in total. The van der Waals surface area contributed by atoms with Crippen LogP contribution in [0.2, 0.25) is 0 Å². The van der Waals surface area contributed by atoms with Gasteiger partial charge < -0.3 is 4.74 Å². The molecule has 0 aliphatic heterocycles. The molecule has 0 saturated carbocycles. The fourth-order valence-corrected chi connectivity index (χ4v) is 2.14. The Balaban J connectivity index is 3.42. The number of ketones is 1. The van der Waals surface area contributed by atoms with Crippen molar-refractivity contribution in [2.24, 2.45) is 0 Å². The van der Waals surface area contributed by atoms with Crippen LogP contribution in [-0.2, 0) is 6.18 Å². The number of carbonyl (C=O) groups excluding carboxylic acids is 1. The number of rotatable bonds is 3. The van der Waals surface area contributed by atoms with E-state index in [1.807, 2.05) is 22.6 Å². The van der Waals surface area contributed by atoms with Crippen LogP contribution < -0.4 is 4.74 Å². The molecule has 1 rings (SSSR count). The van der Waals surface area contributed by atoms with E-state index in [2.05, 4.69) is 0 Å². The summed E-state index contributed by atoms with van der Waals surface area (Å²) in [5.41, 5.74) is -0.855. The molecule has 0 bridgehead atoms. The van der Waals surface area contributed by atoms with Crippen LogP contribution in [-0.4, -0.2) is 12.4 Å². The second kappa shape index (κ2) is 5.24. The first-order valence-electron chi connectivity index (χ1n) is 4.81. The maximum absolute atomic E-state index is 12.8. The second-order valence-electron chi connectivity index (χ2n) is 3.32. The molecule has 0 unspecified atom stereocenters. The molecule has 0 amide bonds. The van der Waals surface area contributed by atoms with Crippen molar-refractivity contribution in [1.82, 2.24) is 0 Å². The third-order valence-corrected chi connectivity index (χ3v) is 2.95. The molecule has 0 fully saturated rings. The highest BCUT2D eigenvalue weighted by Crippen LogP contribution is 2.38. The van der Waals surface area contributed by atoms with Gasteiger partial charge in [0.25, 0.3) is 0 Å². The van der Waals surface area contributed by atoms with E-state index in [4.69, 9.17) is 4.74 Å². The van der Waals surface area contributed by atoms with E-state index in [0.717, 1.165) is 6.07 Å². The van der Waals surface area contributed by atoms with Crippen molar-refractivity contribution in [2.45, 2.75) is 20.0 Å². The Morgan fingerprint density at radius 2 is 2.00 bits per heavy atom. The van der Waals surface area contributed by atoms with Crippen molar-refractivity contribution in [2.75, 3.05) is 6.61 Å². The van der Waals surface area contributed by atoms with Gasteiger partial charge in [0, 0.05) is 9.13 Å². The second-order valence-corrected chi connectivity index (χ2v) is 4.48. The van der Waals surface area contributed by atoms with Crippen LogP contribution in [0, 0.1) is 3.57 Å². The maximum atomic E-state index is 12.8. The van der Waals surface area contributed by atoms with Crippen LogP contribution in [0.15, 0.2) is 12.1 Å².